The highest BCUT2D eigenvalue weighted by molar-refractivity contribution is 6.05. The lowest BCUT2D eigenvalue weighted by Crippen LogP contribution is -2.21. The SMILES string of the molecule is Cc1ncn(-c2ccc(NC(=O)c3cn(C)nc3C(F)(F)F)cc2)c1C.O=C(O)C(F)(F)F. The van der Waals surface area contributed by atoms with Crippen molar-refractivity contribution in [3.8, 4) is 5.69 Å². The molecule has 0 aliphatic heterocycles. The number of imidazole rings is 1. The van der Waals surface area contributed by atoms with Crippen LogP contribution in [0.1, 0.15) is 27.4 Å². The number of nitrogens with one attached hydrogen (secondary N) is 1. The van der Waals surface area contributed by atoms with Crippen molar-refractivity contribution >= 4 is 17.6 Å². The fourth-order valence-electron chi connectivity index (χ4n) is 2.53. The molecule has 0 spiro atoms. The zero-order valence-electron chi connectivity index (χ0n) is 17.3. The van der Waals surface area contributed by atoms with Crippen molar-refractivity contribution in [3.63, 3.8) is 0 Å². The highest BCUT2D eigenvalue weighted by Crippen LogP contribution is 2.31. The molecule has 0 saturated heterocycles. The predicted molar refractivity (Wildman–Crippen MR) is 103 cm³/mol. The number of rotatable bonds is 3. The number of carboxylic acid groups (broad SMARTS) is 1. The van der Waals surface area contributed by atoms with Crippen molar-refractivity contribution in [3.05, 3.63) is 59.4 Å². The van der Waals surface area contributed by atoms with Crippen molar-refractivity contribution in [2.45, 2.75) is 26.2 Å². The maximum Gasteiger partial charge on any atom is 0.490 e. The fraction of sp³-hybridized carbons (Fsp3) is 0.263. The number of benzene rings is 1. The molecule has 14 heteroatoms. The Morgan fingerprint density at radius 3 is 2.00 bits per heavy atom. The number of nitrogens with zero attached hydrogens (tertiary/aromatic N) is 4. The minimum atomic E-state index is -5.08. The van der Waals surface area contributed by atoms with Crippen LogP contribution in [0, 0.1) is 13.8 Å². The Hall–Kier alpha value is -3.84. The van der Waals surface area contributed by atoms with Gasteiger partial charge in [-0.3, -0.25) is 9.48 Å². The van der Waals surface area contributed by atoms with E-state index in [9.17, 15) is 31.1 Å². The number of amides is 1. The van der Waals surface area contributed by atoms with Gasteiger partial charge < -0.3 is 15.0 Å². The molecule has 2 heterocycles. The third kappa shape index (κ3) is 6.33. The summed E-state index contributed by atoms with van der Waals surface area (Å²) in [6.45, 7) is 3.83. The molecule has 0 aliphatic carbocycles. The van der Waals surface area contributed by atoms with E-state index in [1.807, 2.05) is 18.4 Å². The van der Waals surface area contributed by atoms with E-state index < -0.39 is 35.5 Å². The molecule has 3 aromatic rings. The standard InChI is InChI=1S/C17H16F3N5O.C2HF3O2/c1-10-11(2)25(9-21-10)13-6-4-12(5-7-13)22-16(26)14-8-24(3)23-15(14)17(18,19)20;3-2(4,5)1(6)7/h4-9H,1-3H3,(H,22,26);(H,6,7). The van der Waals surface area contributed by atoms with Gasteiger partial charge in [-0.1, -0.05) is 0 Å². The third-order valence-corrected chi connectivity index (χ3v) is 4.24. The summed E-state index contributed by atoms with van der Waals surface area (Å²) in [7, 11) is 1.33. The number of hydrogen-bond donors (Lipinski definition) is 2. The molecular weight excluding hydrogens is 460 g/mol. The Morgan fingerprint density at radius 1 is 1.03 bits per heavy atom. The summed E-state index contributed by atoms with van der Waals surface area (Å²) in [5.41, 5.74) is 1.36. The molecular formula is C19H17F6N5O3. The normalized spacial score (nSPS) is 11.5. The molecule has 1 amide bonds. The first-order valence-electron chi connectivity index (χ1n) is 8.94. The first-order chi connectivity index (χ1) is 15.1. The van der Waals surface area contributed by atoms with Gasteiger partial charge in [0.15, 0.2) is 5.69 Å². The maximum absolute atomic E-state index is 13.0. The number of carbonyl (C=O) groups excluding carboxylic acids is 1. The van der Waals surface area contributed by atoms with Crippen molar-refractivity contribution in [1.29, 1.82) is 0 Å². The molecule has 1 aromatic carbocycles. The number of aryl methyl sites for hydroxylation is 2. The zero-order chi connectivity index (χ0) is 25.1. The number of anilines is 1. The quantitative estimate of drug-likeness (QED) is 0.553. The molecule has 0 bridgehead atoms. The summed E-state index contributed by atoms with van der Waals surface area (Å²) in [5.74, 6) is -3.62. The predicted octanol–water partition coefficient (Wildman–Crippen LogP) is 4.13. The summed E-state index contributed by atoms with van der Waals surface area (Å²) in [6, 6.07) is 6.73. The molecule has 0 aliphatic rings. The largest absolute Gasteiger partial charge is 0.490 e. The number of carboxylic acids is 1. The van der Waals surface area contributed by atoms with E-state index in [4.69, 9.17) is 9.90 Å². The van der Waals surface area contributed by atoms with Gasteiger partial charge in [0.05, 0.1) is 17.6 Å². The Balaban J connectivity index is 0.000000479. The molecule has 2 aromatic heterocycles. The first-order valence-corrected chi connectivity index (χ1v) is 8.94. The van der Waals surface area contributed by atoms with Crippen LogP contribution in [0.5, 0.6) is 0 Å². The van der Waals surface area contributed by atoms with Gasteiger partial charge in [0, 0.05) is 30.3 Å². The average Bonchev–Trinajstić information content (AvgIpc) is 3.25. The molecule has 178 valence electrons. The van der Waals surface area contributed by atoms with E-state index in [0.717, 1.165) is 28.0 Å². The van der Waals surface area contributed by atoms with Gasteiger partial charge in [-0.15, -0.1) is 0 Å². The third-order valence-electron chi connectivity index (χ3n) is 4.24. The Morgan fingerprint density at radius 2 is 1.58 bits per heavy atom. The molecule has 0 saturated carbocycles. The second kappa shape index (κ2) is 9.34. The van der Waals surface area contributed by atoms with E-state index in [1.165, 1.54) is 7.05 Å². The topological polar surface area (TPSA) is 102 Å². The second-order valence-corrected chi connectivity index (χ2v) is 6.65. The molecule has 0 atom stereocenters. The van der Waals surface area contributed by atoms with Gasteiger partial charge in [-0.05, 0) is 38.1 Å². The number of aliphatic carboxylic acids is 1. The molecule has 3 rings (SSSR count). The highest BCUT2D eigenvalue weighted by atomic mass is 19.4. The first kappa shape index (κ1) is 25.4. The Labute approximate surface area is 182 Å². The van der Waals surface area contributed by atoms with E-state index in [-0.39, 0.29) is 0 Å². The van der Waals surface area contributed by atoms with Gasteiger partial charge >= 0.3 is 18.3 Å². The summed E-state index contributed by atoms with van der Waals surface area (Å²) in [5, 5.41) is 12.9. The van der Waals surface area contributed by atoms with Crippen molar-refractivity contribution in [2.75, 3.05) is 5.32 Å². The molecule has 0 radical (unpaired) electrons. The van der Waals surface area contributed by atoms with Crippen molar-refractivity contribution in [1.82, 2.24) is 19.3 Å². The summed E-state index contributed by atoms with van der Waals surface area (Å²) in [6.07, 6.45) is -7.05. The maximum atomic E-state index is 13.0. The van der Waals surface area contributed by atoms with Gasteiger partial charge in [0.25, 0.3) is 5.91 Å². The molecule has 33 heavy (non-hydrogen) atoms. The van der Waals surface area contributed by atoms with E-state index in [1.54, 1.807) is 30.6 Å². The van der Waals surface area contributed by atoms with Gasteiger partial charge in [-0.2, -0.15) is 31.4 Å². The molecule has 0 fully saturated rings. The smallest absolute Gasteiger partial charge is 0.475 e. The number of aromatic nitrogens is 4. The van der Waals surface area contributed by atoms with Crippen LogP contribution in [0.4, 0.5) is 32.0 Å². The van der Waals surface area contributed by atoms with Crippen LogP contribution in [0.2, 0.25) is 0 Å². The monoisotopic (exact) mass is 477 g/mol. The van der Waals surface area contributed by atoms with Crippen LogP contribution in [-0.2, 0) is 18.0 Å². The second-order valence-electron chi connectivity index (χ2n) is 6.65. The van der Waals surface area contributed by atoms with Gasteiger partial charge in [0.2, 0.25) is 0 Å². The molecule has 0 unspecified atom stereocenters. The van der Waals surface area contributed by atoms with Crippen LogP contribution >= 0.6 is 0 Å². The van der Waals surface area contributed by atoms with Crippen LogP contribution in [0.15, 0.2) is 36.8 Å². The lowest BCUT2D eigenvalue weighted by atomic mass is 10.2. The molecule has 2 N–H and O–H groups in total. The van der Waals surface area contributed by atoms with Crippen LogP contribution in [0.3, 0.4) is 0 Å². The number of halogens is 6. The summed E-state index contributed by atoms with van der Waals surface area (Å²) in [4.78, 5) is 25.3. The Kier molecular flexibility index (Phi) is 7.19. The van der Waals surface area contributed by atoms with Crippen molar-refractivity contribution < 1.29 is 41.0 Å². The average molecular weight is 477 g/mol. The fourth-order valence-corrected chi connectivity index (χ4v) is 2.53. The minimum Gasteiger partial charge on any atom is -0.475 e. The highest BCUT2D eigenvalue weighted by Gasteiger charge is 2.39. The van der Waals surface area contributed by atoms with Gasteiger partial charge in [0.1, 0.15) is 0 Å². The van der Waals surface area contributed by atoms with E-state index >= 15 is 0 Å². The lowest BCUT2D eigenvalue weighted by Gasteiger charge is -2.09. The number of alkyl halides is 6. The lowest BCUT2D eigenvalue weighted by molar-refractivity contribution is -0.192. The van der Waals surface area contributed by atoms with Crippen LogP contribution < -0.4 is 5.32 Å². The summed E-state index contributed by atoms with van der Waals surface area (Å²) < 4.78 is 73.5. The number of hydrogen-bond acceptors (Lipinski definition) is 4. The number of carbonyl (C=O) groups is 2. The summed E-state index contributed by atoms with van der Waals surface area (Å²) >= 11 is 0. The Bertz CT molecular complexity index is 1150. The minimum absolute atomic E-state index is 0.380. The van der Waals surface area contributed by atoms with Crippen molar-refractivity contribution in [2.24, 2.45) is 7.05 Å². The zero-order valence-corrected chi connectivity index (χ0v) is 17.3. The molecule has 8 nitrogen and oxygen atoms in total. The van der Waals surface area contributed by atoms with E-state index in [0.29, 0.717) is 5.69 Å². The van der Waals surface area contributed by atoms with Crippen LogP contribution in [-0.4, -0.2) is 42.5 Å². The van der Waals surface area contributed by atoms with Gasteiger partial charge in [-0.25, -0.2) is 9.78 Å². The van der Waals surface area contributed by atoms with Crippen LogP contribution in [0.25, 0.3) is 5.69 Å². The van der Waals surface area contributed by atoms with E-state index in [2.05, 4.69) is 15.4 Å².